The van der Waals surface area contributed by atoms with Crippen LogP contribution in [0.5, 0.6) is 0 Å². The monoisotopic (exact) mass is 344 g/mol. The fourth-order valence-corrected chi connectivity index (χ4v) is 2.94. The number of benzene rings is 1. The van der Waals surface area contributed by atoms with Gasteiger partial charge in [-0.15, -0.1) is 0 Å². The quantitative estimate of drug-likeness (QED) is 0.602. The highest BCUT2D eigenvalue weighted by molar-refractivity contribution is 6.32. The van der Waals surface area contributed by atoms with Gasteiger partial charge in [0.25, 0.3) is 0 Å². The Kier molecular flexibility index (Phi) is 3.41. The lowest BCUT2D eigenvalue weighted by Gasteiger charge is -2.13. The Morgan fingerprint density at radius 2 is 1.96 bits per heavy atom. The number of aliphatic hydroxyl groups excluding tert-OH is 1. The van der Waals surface area contributed by atoms with Gasteiger partial charge in [-0.2, -0.15) is 5.10 Å². The van der Waals surface area contributed by atoms with E-state index in [1.807, 2.05) is 18.2 Å². The van der Waals surface area contributed by atoms with Gasteiger partial charge in [-0.3, -0.25) is 4.98 Å². The second-order valence-electron chi connectivity index (χ2n) is 5.08. The van der Waals surface area contributed by atoms with Gasteiger partial charge in [-0.25, -0.2) is 9.50 Å². The van der Waals surface area contributed by atoms with Crippen molar-refractivity contribution >= 4 is 39.8 Å². The molecular weight excluding hydrogens is 335 g/mol. The first-order valence-electron chi connectivity index (χ1n) is 6.86. The number of nitrogens with zero attached hydrogens (tertiary/aromatic N) is 4. The number of rotatable bonds is 2. The molecule has 0 spiro atoms. The molecule has 1 aromatic carbocycles. The van der Waals surface area contributed by atoms with Crippen LogP contribution in [-0.2, 0) is 0 Å². The second kappa shape index (κ2) is 5.45. The summed E-state index contributed by atoms with van der Waals surface area (Å²) in [6, 6.07) is 10.7. The molecule has 0 saturated heterocycles. The first-order chi connectivity index (χ1) is 11.1. The Hall–Kier alpha value is -2.21. The van der Waals surface area contributed by atoms with E-state index in [-0.39, 0.29) is 0 Å². The van der Waals surface area contributed by atoms with Crippen LogP contribution in [0.25, 0.3) is 16.6 Å². The molecule has 0 radical (unpaired) electrons. The minimum atomic E-state index is -0.979. The maximum atomic E-state index is 10.8. The molecule has 4 aromatic rings. The largest absolute Gasteiger partial charge is 0.382 e. The minimum absolute atomic E-state index is 0.317. The number of aromatic nitrogens is 4. The van der Waals surface area contributed by atoms with Crippen molar-refractivity contribution in [3.8, 4) is 0 Å². The molecule has 0 fully saturated rings. The van der Waals surface area contributed by atoms with Gasteiger partial charge in [-0.1, -0.05) is 29.3 Å². The van der Waals surface area contributed by atoms with Crippen LogP contribution in [0.2, 0.25) is 10.2 Å². The Labute approximate surface area is 141 Å². The smallest absolute Gasteiger partial charge is 0.154 e. The standard InChI is InChI=1S/C16H10Cl2N4O/c17-11-7-12-9(2-1-5-19-12)6-10(11)16(23)13-8-20-15-4-3-14(18)21-22(13)15/h1-8,16,23H. The molecule has 4 rings (SSSR count). The first-order valence-corrected chi connectivity index (χ1v) is 7.61. The van der Waals surface area contributed by atoms with E-state index in [1.165, 1.54) is 4.52 Å². The Morgan fingerprint density at radius 3 is 2.83 bits per heavy atom. The molecule has 0 amide bonds. The molecule has 1 atom stereocenters. The summed E-state index contributed by atoms with van der Waals surface area (Å²) in [5, 5.41) is 16.6. The van der Waals surface area contributed by atoms with Gasteiger partial charge in [0.2, 0.25) is 0 Å². The molecule has 0 aliphatic heterocycles. The third-order valence-electron chi connectivity index (χ3n) is 3.65. The van der Waals surface area contributed by atoms with Crippen LogP contribution in [0.1, 0.15) is 17.4 Å². The Morgan fingerprint density at radius 1 is 1.09 bits per heavy atom. The van der Waals surface area contributed by atoms with Crippen molar-refractivity contribution < 1.29 is 5.11 Å². The molecule has 1 N–H and O–H groups in total. The van der Waals surface area contributed by atoms with Crippen LogP contribution < -0.4 is 0 Å². The zero-order valence-corrected chi connectivity index (χ0v) is 13.2. The third-order valence-corrected chi connectivity index (χ3v) is 4.18. The zero-order valence-electron chi connectivity index (χ0n) is 11.7. The Balaban J connectivity index is 1.89. The second-order valence-corrected chi connectivity index (χ2v) is 5.88. The molecule has 7 heteroatoms. The van der Waals surface area contributed by atoms with Gasteiger partial charge in [0.1, 0.15) is 11.3 Å². The highest BCUT2D eigenvalue weighted by Crippen LogP contribution is 2.31. The Bertz CT molecular complexity index is 1030. The fraction of sp³-hybridized carbons (Fsp3) is 0.0625. The van der Waals surface area contributed by atoms with Crippen molar-refractivity contribution in [2.75, 3.05) is 0 Å². The van der Waals surface area contributed by atoms with Crippen LogP contribution in [0, 0.1) is 0 Å². The first kappa shape index (κ1) is 14.4. The molecule has 0 aliphatic carbocycles. The number of hydrogen-bond donors (Lipinski definition) is 1. The lowest BCUT2D eigenvalue weighted by Crippen LogP contribution is -2.06. The zero-order chi connectivity index (χ0) is 16.0. The number of pyridine rings is 1. The van der Waals surface area contributed by atoms with E-state index in [2.05, 4.69) is 15.1 Å². The van der Waals surface area contributed by atoms with Crippen LogP contribution >= 0.6 is 23.2 Å². The average molecular weight is 345 g/mol. The molecule has 3 heterocycles. The molecule has 0 saturated carbocycles. The van der Waals surface area contributed by atoms with E-state index in [9.17, 15) is 5.11 Å². The van der Waals surface area contributed by atoms with Gasteiger partial charge >= 0.3 is 0 Å². The van der Waals surface area contributed by atoms with E-state index < -0.39 is 6.10 Å². The van der Waals surface area contributed by atoms with Crippen molar-refractivity contribution in [2.45, 2.75) is 6.10 Å². The summed E-state index contributed by atoms with van der Waals surface area (Å²) >= 11 is 12.3. The number of hydrogen-bond acceptors (Lipinski definition) is 4. The van der Waals surface area contributed by atoms with Gasteiger partial charge in [0, 0.05) is 22.2 Å². The molecule has 114 valence electrons. The normalized spacial score (nSPS) is 12.8. The lowest BCUT2D eigenvalue weighted by molar-refractivity contribution is 0.213. The van der Waals surface area contributed by atoms with Crippen LogP contribution in [0.3, 0.4) is 0 Å². The van der Waals surface area contributed by atoms with Crippen LogP contribution in [0.4, 0.5) is 0 Å². The highest BCUT2D eigenvalue weighted by Gasteiger charge is 2.20. The molecule has 1 unspecified atom stereocenters. The summed E-state index contributed by atoms with van der Waals surface area (Å²) in [4.78, 5) is 8.48. The third kappa shape index (κ3) is 2.43. The van der Waals surface area contributed by atoms with Gasteiger partial charge in [0.15, 0.2) is 5.65 Å². The van der Waals surface area contributed by atoms with E-state index >= 15 is 0 Å². The number of imidazole rings is 1. The predicted octanol–water partition coefficient (Wildman–Crippen LogP) is 3.67. The summed E-state index contributed by atoms with van der Waals surface area (Å²) < 4.78 is 1.51. The van der Waals surface area contributed by atoms with Gasteiger partial charge < -0.3 is 5.11 Å². The predicted molar refractivity (Wildman–Crippen MR) is 88.8 cm³/mol. The highest BCUT2D eigenvalue weighted by atomic mass is 35.5. The number of fused-ring (bicyclic) bond motifs is 2. The van der Waals surface area contributed by atoms with Crippen molar-refractivity contribution in [1.29, 1.82) is 0 Å². The maximum Gasteiger partial charge on any atom is 0.154 e. The summed E-state index contributed by atoms with van der Waals surface area (Å²) in [5.41, 5.74) is 2.43. The molecular formula is C16H10Cl2N4O. The average Bonchev–Trinajstić information content (AvgIpc) is 2.96. The molecule has 0 aliphatic rings. The molecule has 5 nitrogen and oxygen atoms in total. The molecule has 3 aromatic heterocycles. The summed E-state index contributed by atoms with van der Waals surface area (Å²) in [5.74, 6) is 0. The number of aliphatic hydroxyl groups is 1. The van der Waals surface area contributed by atoms with E-state index in [4.69, 9.17) is 23.2 Å². The van der Waals surface area contributed by atoms with Crippen molar-refractivity contribution in [2.24, 2.45) is 0 Å². The topological polar surface area (TPSA) is 63.3 Å². The van der Waals surface area contributed by atoms with Gasteiger partial charge in [0.05, 0.1) is 17.4 Å². The fourth-order valence-electron chi connectivity index (χ4n) is 2.54. The van der Waals surface area contributed by atoms with Crippen molar-refractivity contribution in [3.63, 3.8) is 0 Å². The van der Waals surface area contributed by atoms with Gasteiger partial charge in [-0.05, 0) is 30.3 Å². The molecule has 23 heavy (non-hydrogen) atoms. The summed E-state index contributed by atoms with van der Waals surface area (Å²) in [7, 11) is 0. The van der Waals surface area contributed by atoms with E-state index in [0.29, 0.717) is 27.1 Å². The maximum absolute atomic E-state index is 10.8. The lowest BCUT2D eigenvalue weighted by atomic mass is 10.0. The van der Waals surface area contributed by atoms with Crippen LogP contribution in [0.15, 0.2) is 48.8 Å². The summed E-state index contributed by atoms with van der Waals surface area (Å²) in [6.07, 6.45) is 2.28. The van der Waals surface area contributed by atoms with Crippen molar-refractivity contribution in [1.82, 2.24) is 19.6 Å². The van der Waals surface area contributed by atoms with Crippen molar-refractivity contribution in [3.05, 3.63) is 70.2 Å². The summed E-state index contributed by atoms with van der Waals surface area (Å²) in [6.45, 7) is 0. The minimum Gasteiger partial charge on any atom is -0.382 e. The van der Waals surface area contributed by atoms with Crippen LogP contribution in [-0.4, -0.2) is 24.7 Å². The van der Waals surface area contributed by atoms with E-state index in [0.717, 1.165) is 10.9 Å². The number of halogens is 2. The van der Waals surface area contributed by atoms with E-state index in [1.54, 1.807) is 30.6 Å². The molecule has 0 bridgehead atoms. The SMILES string of the molecule is OC(c1cc2cccnc2cc1Cl)c1cnc2ccc(Cl)nn12.